The first-order valence-electron chi connectivity index (χ1n) is 8.90. The Balaban J connectivity index is 1.58. The zero-order valence-electron chi connectivity index (χ0n) is 14.8. The molecule has 6 nitrogen and oxygen atoms in total. The quantitative estimate of drug-likeness (QED) is 0.576. The summed E-state index contributed by atoms with van der Waals surface area (Å²) in [6.07, 6.45) is 3.15. The van der Waals surface area contributed by atoms with Gasteiger partial charge in [-0.3, -0.25) is 9.59 Å². The van der Waals surface area contributed by atoms with Gasteiger partial charge in [0.15, 0.2) is 6.10 Å². The van der Waals surface area contributed by atoms with Crippen LogP contribution in [-0.2, 0) is 25.5 Å². The number of phenolic OH excluding ortho intramolecular Hbond substituents is 1. The van der Waals surface area contributed by atoms with Crippen LogP contribution in [0, 0.1) is 0 Å². The van der Waals surface area contributed by atoms with Crippen molar-refractivity contribution >= 4 is 11.9 Å². The van der Waals surface area contributed by atoms with E-state index in [1.807, 2.05) is 12.1 Å². The minimum Gasteiger partial charge on any atom is -0.508 e. The van der Waals surface area contributed by atoms with Crippen LogP contribution in [0.2, 0.25) is 0 Å². The highest BCUT2D eigenvalue weighted by atomic mass is 16.5. The highest BCUT2D eigenvalue weighted by Gasteiger charge is 2.24. The molecule has 25 heavy (non-hydrogen) atoms. The molecule has 0 aromatic heterocycles. The number of carbonyl (C=O) groups excluding carboxylic acids is 2. The second-order valence-electron chi connectivity index (χ2n) is 6.30. The Hall–Kier alpha value is -2.08. The molecular weight excluding hydrogens is 322 g/mol. The van der Waals surface area contributed by atoms with Crippen molar-refractivity contribution in [3.8, 4) is 5.75 Å². The molecule has 1 aromatic carbocycles. The van der Waals surface area contributed by atoms with E-state index in [2.05, 4.69) is 0 Å². The Bertz CT molecular complexity index is 551. The van der Waals surface area contributed by atoms with Crippen LogP contribution in [0.3, 0.4) is 0 Å². The maximum Gasteiger partial charge on any atom is 0.306 e. The van der Waals surface area contributed by atoms with Crippen LogP contribution < -0.4 is 0 Å². The zero-order chi connectivity index (χ0) is 18.1. The number of phenols is 1. The normalized spacial score (nSPS) is 15.6. The number of hydrogen-bond acceptors (Lipinski definition) is 5. The van der Waals surface area contributed by atoms with E-state index in [0.717, 1.165) is 25.7 Å². The second kappa shape index (κ2) is 10.0. The van der Waals surface area contributed by atoms with Gasteiger partial charge in [0.05, 0.1) is 13.2 Å². The molecular formula is C19H27NO5. The molecule has 1 saturated heterocycles. The molecule has 1 amide bonds. The summed E-state index contributed by atoms with van der Waals surface area (Å²) in [6.45, 7) is 3.80. The van der Waals surface area contributed by atoms with Gasteiger partial charge in [-0.1, -0.05) is 18.6 Å². The van der Waals surface area contributed by atoms with Crippen LogP contribution in [-0.4, -0.2) is 54.3 Å². The van der Waals surface area contributed by atoms with Gasteiger partial charge in [0, 0.05) is 19.5 Å². The Morgan fingerprint density at radius 2 is 1.84 bits per heavy atom. The molecule has 1 aliphatic heterocycles. The van der Waals surface area contributed by atoms with Crippen molar-refractivity contribution < 1.29 is 24.2 Å². The third-order valence-electron chi connectivity index (χ3n) is 4.26. The van der Waals surface area contributed by atoms with E-state index >= 15 is 0 Å². The van der Waals surface area contributed by atoms with Gasteiger partial charge in [0.2, 0.25) is 0 Å². The van der Waals surface area contributed by atoms with E-state index in [-0.39, 0.29) is 17.6 Å². The Morgan fingerprint density at radius 1 is 1.16 bits per heavy atom. The molecule has 6 heteroatoms. The van der Waals surface area contributed by atoms with Gasteiger partial charge in [-0.25, -0.2) is 0 Å². The van der Waals surface area contributed by atoms with Gasteiger partial charge < -0.3 is 19.5 Å². The average molecular weight is 349 g/mol. The monoisotopic (exact) mass is 349 g/mol. The van der Waals surface area contributed by atoms with Gasteiger partial charge >= 0.3 is 5.97 Å². The van der Waals surface area contributed by atoms with E-state index in [9.17, 15) is 14.7 Å². The lowest BCUT2D eigenvalue weighted by Gasteiger charge is -2.28. The van der Waals surface area contributed by atoms with Crippen LogP contribution in [0.1, 0.15) is 38.2 Å². The summed E-state index contributed by atoms with van der Waals surface area (Å²) in [5.41, 5.74) is 1.17. The lowest BCUT2D eigenvalue weighted by molar-refractivity contribution is -0.161. The predicted molar refractivity (Wildman–Crippen MR) is 93.2 cm³/mol. The number of aromatic hydroxyl groups is 1. The number of benzene rings is 1. The van der Waals surface area contributed by atoms with Crippen molar-refractivity contribution in [2.24, 2.45) is 0 Å². The van der Waals surface area contributed by atoms with Gasteiger partial charge in [0.25, 0.3) is 5.91 Å². The number of amides is 1. The van der Waals surface area contributed by atoms with Crippen molar-refractivity contribution in [2.45, 2.75) is 45.1 Å². The average Bonchev–Trinajstić information content (AvgIpc) is 2.63. The van der Waals surface area contributed by atoms with Crippen molar-refractivity contribution in [3.05, 3.63) is 29.8 Å². The fourth-order valence-electron chi connectivity index (χ4n) is 2.79. The van der Waals surface area contributed by atoms with Crippen LogP contribution >= 0.6 is 0 Å². The number of carbonyl (C=O) groups is 2. The molecule has 1 heterocycles. The molecule has 1 aliphatic rings. The topological polar surface area (TPSA) is 76.1 Å². The number of esters is 1. The summed E-state index contributed by atoms with van der Waals surface area (Å²) in [7, 11) is 0. The van der Waals surface area contributed by atoms with Crippen LogP contribution in [0.15, 0.2) is 24.3 Å². The molecule has 0 saturated carbocycles. The molecule has 1 atom stereocenters. The van der Waals surface area contributed by atoms with Crippen molar-refractivity contribution in [1.29, 1.82) is 0 Å². The number of hydrogen-bond donors (Lipinski definition) is 1. The summed E-state index contributed by atoms with van der Waals surface area (Å²) in [4.78, 5) is 25.7. The molecule has 138 valence electrons. The number of nitrogens with zero attached hydrogens (tertiary/aromatic N) is 1. The number of ether oxygens (including phenoxy) is 2. The molecule has 0 aliphatic carbocycles. The largest absolute Gasteiger partial charge is 0.508 e. The lowest BCUT2D eigenvalue weighted by atomic mass is 10.1. The standard InChI is InChI=1S/C19H27NO5/c1-15(19(23)20-11-13-24-14-12-20)25-18(22)6-4-2-3-5-16-7-9-17(21)10-8-16/h7-10,15,21H,2-6,11-14H2,1H3/t15-/m1/s1. The van der Waals surface area contributed by atoms with Gasteiger partial charge in [0.1, 0.15) is 5.75 Å². The van der Waals surface area contributed by atoms with Gasteiger partial charge in [-0.2, -0.15) is 0 Å². The van der Waals surface area contributed by atoms with E-state index in [0.29, 0.717) is 32.7 Å². The maximum atomic E-state index is 12.2. The number of unbranched alkanes of at least 4 members (excludes halogenated alkanes) is 2. The first kappa shape index (κ1) is 19.2. The van der Waals surface area contributed by atoms with E-state index in [1.54, 1.807) is 24.0 Å². The van der Waals surface area contributed by atoms with Crippen LogP contribution in [0.4, 0.5) is 0 Å². The van der Waals surface area contributed by atoms with Crippen molar-refractivity contribution in [2.75, 3.05) is 26.3 Å². The van der Waals surface area contributed by atoms with Gasteiger partial charge in [-0.15, -0.1) is 0 Å². The molecule has 2 rings (SSSR count). The fraction of sp³-hybridized carbons (Fsp3) is 0.579. The fourth-order valence-corrected chi connectivity index (χ4v) is 2.79. The Morgan fingerprint density at radius 3 is 2.52 bits per heavy atom. The first-order chi connectivity index (χ1) is 12.1. The summed E-state index contributed by atoms with van der Waals surface area (Å²) >= 11 is 0. The Kier molecular flexibility index (Phi) is 7.73. The number of rotatable bonds is 8. The molecule has 1 aromatic rings. The Labute approximate surface area is 148 Å². The van der Waals surface area contributed by atoms with E-state index in [1.165, 1.54) is 5.56 Å². The molecule has 0 bridgehead atoms. The van der Waals surface area contributed by atoms with Crippen LogP contribution in [0.5, 0.6) is 5.75 Å². The van der Waals surface area contributed by atoms with Crippen molar-refractivity contribution in [3.63, 3.8) is 0 Å². The molecule has 1 N–H and O–H groups in total. The second-order valence-corrected chi connectivity index (χ2v) is 6.30. The summed E-state index contributed by atoms with van der Waals surface area (Å²) in [5, 5.41) is 9.24. The smallest absolute Gasteiger partial charge is 0.306 e. The lowest BCUT2D eigenvalue weighted by Crippen LogP contribution is -2.46. The van der Waals surface area contributed by atoms with E-state index < -0.39 is 6.10 Å². The minimum atomic E-state index is -0.734. The highest BCUT2D eigenvalue weighted by Crippen LogP contribution is 2.13. The third-order valence-corrected chi connectivity index (χ3v) is 4.26. The SMILES string of the molecule is C[C@@H](OC(=O)CCCCCc1ccc(O)cc1)C(=O)N1CCOCC1. The van der Waals surface area contributed by atoms with Crippen LogP contribution in [0.25, 0.3) is 0 Å². The van der Waals surface area contributed by atoms with Crippen molar-refractivity contribution in [1.82, 2.24) is 4.90 Å². The predicted octanol–water partition coefficient (Wildman–Crippen LogP) is 2.29. The summed E-state index contributed by atoms with van der Waals surface area (Å²) in [5.74, 6) is -0.199. The molecule has 0 unspecified atom stereocenters. The molecule has 0 spiro atoms. The minimum absolute atomic E-state index is 0.149. The maximum absolute atomic E-state index is 12.2. The third kappa shape index (κ3) is 6.74. The highest BCUT2D eigenvalue weighted by molar-refractivity contribution is 5.83. The molecule has 1 fully saturated rings. The number of aryl methyl sites for hydroxylation is 1. The number of morpholine rings is 1. The molecule has 0 radical (unpaired) electrons. The first-order valence-corrected chi connectivity index (χ1v) is 8.90. The van der Waals surface area contributed by atoms with E-state index in [4.69, 9.17) is 9.47 Å². The summed E-state index contributed by atoms with van der Waals surface area (Å²) in [6, 6.07) is 7.17. The van der Waals surface area contributed by atoms with Gasteiger partial charge in [-0.05, 0) is 43.9 Å². The zero-order valence-corrected chi connectivity index (χ0v) is 14.8. The summed E-state index contributed by atoms with van der Waals surface area (Å²) < 4.78 is 10.5.